The molecule has 0 bridgehead atoms. The molecule has 0 atom stereocenters. The molecule has 0 saturated carbocycles. The highest BCUT2D eigenvalue weighted by atomic mass is 15.1. The summed E-state index contributed by atoms with van der Waals surface area (Å²) < 4.78 is 0. The summed E-state index contributed by atoms with van der Waals surface area (Å²) in [4.78, 5) is 2.36. The minimum Gasteiger partial charge on any atom is -0.330 e. The fourth-order valence-electron chi connectivity index (χ4n) is 2.63. The van der Waals surface area contributed by atoms with E-state index in [9.17, 15) is 0 Å². The molecule has 0 rings (SSSR count). The predicted molar refractivity (Wildman–Crippen MR) is 114 cm³/mol. The average molecular weight is 350 g/mol. The zero-order valence-electron chi connectivity index (χ0n) is 17.5. The Morgan fingerprint density at radius 2 is 1.48 bits per heavy atom. The largest absolute Gasteiger partial charge is 0.330 e. The van der Waals surface area contributed by atoms with Gasteiger partial charge >= 0.3 is 0 Å². The summed E-state index contributed by atoms with van der Waals surface area (Å²) >= 11 is 0. The van der Waals surface area contributed by atoms with Gasteiger partial charge in [0.1, 0.15) is 0 Å². The fourth-order valence-corrected chi connectivity index (χ4v) is 2.63. The van der Waals surface area contributed by atoms with Crippen molar-refractivity contribution in [2.45, 2.75) is 66.2 Å². The minimum absolute atomic E-state index is 0.789. The maximum absolute atomic E-state index is 5.53. The van der Waals surface area contributed by atoms with Crippen molar-refractivity contribution >= 4 is 0 Å². The zero-order chi connectivity index (χ0) is 18.9. The van der Waals surface area contributed by atoms with Crippen molar-refractivity contribution in [1.82, 2.24) is 10.2 Å². The average Bonchev–Trinajstić information content (AvgIpc) is 2.55. The van der Waals surface area contributed by atoms with Crippen LogP contribution in [-0.2, 0) is 0 Å². The van der Waals surface area contributed by atoms with Gasteiger partial charge in [0.05, 0.1) is 0 Å². The van der Waals surface area contributed by atoms with Crippen LogP contribution < -0.4 is 11.1 Å². The molecule has 0 radical (unpaired) electrons. The summed E-state index contributed by atoms with van der Waals surface area (Å²) in [6, 6.07) is 0. The van der Waals surface area contributed by atoms with Crippen molar-refractivity contribution in [3.63, 3.8) is 0 Å². The summed E-state index contributed by atoms with van der Waals surface area (Å²) in [7, 11) is 2.18. The third-order valence-corrected chi connectivity index (χ3v) is 4.35. The molecule has 3 nitrogen and oxygen atoms in total. The van der Waals surface area contributed by atoms with Crippen LogP contribution in [0.5, 0.6) is 0 Å². The van der Waals surface area contributed by atoms with E-state index < -0.39 is 0 Å². The van der Waals surface area contributed by atoms with Crippen molar-refractivity contribution in [2.75, 3.05) is 39.8 Å². The van der Waals surface area contributed by atoms with Crippen LogP contribution in [0, 0.1) is 0 Å². The van der Waals surface area contributed by atoms with Crippen LogP contribution in [0.1, 0.15) is 66.2 Å². The van der Waals surface area contributed by atoms with Gasteiger partial charge in [0.15, 0.2) is 0 Å². The molecule has 0 unspecified atom stereocenters. The van der Waals surface area contributed by atoms with Crippen molar-refractivity contribution in [3.8, 4) is 0 Å². The molecule has 0 aromatic carbocycles. The highest BCUT2D eigenvalue weighted by molar-refractivity contribution is 5.05. The number of allylic oxidation sites excluding steroid dienone is 5. The van der Waals surface area contributed by atoms with E-state index >= 15 is 0 Å². The maximum atomic E-state index is 5.53. The quantitative estimate of drug-likeness (QED) is 0.333. The van der Waals surface area contributed by atoms with Gasteiger partial charge in [-0.1, -0.05) is 34.9 Å². The molecule has 3 N–H and O–H groups in total. The Bertz CT molecular complexity index is 403. The van der Waals surface area contributed by atoms with E-state index in [2.05, 4.69) is 63.2 Å². The lowest BCUT2D eigenvalue weighted by molar-refractivity contribution is 0.325. The summed E-state index contributed by atoms with van der Waals surface area (Å²) in [6.07, 6.45) is 14.0. The van der Waals surface area contributed by atoms with Crippen LogP contribution in [-0.4, -0.2) is 44.7 Å². The van der Waals surface area contributed by atoms with Crippen LogP contribution in [0.2, 0.25) is 0 Å². The molecule has 0 aliphatic carbocycles. The van der Waals surface area contributed by atoms with Gasteiger partial charge in [-0.25, -0.2) is 0 Å². The molecule has 0 amide bonds. The molecule has 0 aromatic rings. The molecular weight excluding hydrogens is 306 g/mol. The lowest BCUT2D eigenvalue weighted by atomic mass is 10.1. The Kier molecular flexibility index (Phi) is 16.0. The highest BCUT2D eigenvalue weighted by Crippen LogP contribution is 2.11. The van der Waals surface area contributed by atoms with E-state index in [1.165, 1.54) is 42.4 Å². The second kappa shape index (κ2) is 16.6. The van der Waals surface area contributed by atoms with E-state index in [-0.39, 0.29) is 0 Å². The zero-order valence-corrected chi connectivity index (χ0v) is 17.5. The smallest absolute Gasteiger partial charge is 0.0137 e. The van der Waals surface area contributed by atoms with Gasteiger partial charge in [0.25, 0.3) is 0 Å². The first kappa shape index (κ1) is 24.1. The molecule has 146 valence electrons. The molecule has 0 aliphatic heterocycles. The second-order valence-corrected chi connectivity index (χ2v) is 7.46. The first-order valence-corrected chi connectivity index (χ1v) is 9.99. The first-order chi connectivity index (χ1) is 12.0. The van der Waals surface area contributed by atoms with E-state index in [0.29, 0.717) is 0 Å². The van der Waals surface area contributed by atoms with Gasteiger partial charge in [-0.2, -0.15) is 0 Å². The molecule has 0 heterocycles. The van der Waals surface area contributed by atoms with Gasteiger partial charge in [-0.05, 0) is 99.4 Å². The Hall–Kier alpha value is -0.900. The Labute approximate surface area is 157 Å². The van der Waals surface area contributed by atoms with Crippen LogP contribution >= 0.6 is 0 Å². The van der Waals surface area contributed by atoms with Crippen LogP contribution in [0.4, 0.5) is 0 Å². The second-order valence-electron chi connectivity index (χ2n) is 7.46. The lowest BCUT2D eigenvalue weighted by Gasteiger charge is -2.15. The number of nitrogens with two attached hydrogens (primary N) is 1. The third kappa shape index (κ3) is 17.7. The van der Waals surface area contributed by atoms with E-state index in [4.69, 9.17) is 5.73 Å². The van der Waals surface area contributed by atoms with Crippen molar-refractivity contribution in [2.24, 2.45) is 5.73 Å². The summed E-state index contributed by atoms with van der Waals surface area (Å²) in [5.74, 6) is 0. The number of hydrogen-bond donors (Lipinski definition) is 2. The van der Waals surface area contributed by atoms with Crippen molar-refractivity contribution in [1.29, 1.82) is 0 Å². The molecule has 0 saturated heterocycles. The molecule has 0 aliphatic rings. The van der Waals surface area contributed by atoms with Crippen LogP contribution in [0.3, 0.4) is 0 Å². The highest BCUT2D eigenvalue weighted by Gasteiger charge is 1.96. The van der Waals surface area contributed by atoms with Gasteiger partial charge < -0.3 is 16.0 Å². The maximum Gasteiger partial charge on any atom is 0.0137 e. The lowest BCUT2D eigenvalue weighted by Crippen LogP contribution is -2.26. The summed E-state index contributed by atoms with van der Waals surface area (Å²) in [5.41, 5.74) is 9.95. The molecule has 25 heavy (non-hydrogen) atoms. The summed E-state index contributed by atoms with van der Waals surface area (Å²) in [5, 5.41) is 3.52. The monoisotopic (exact) mass is 349 g/mol. The van der Waals surface area contributed by atoms with Crippen LogP contribution in [0.15, 0.2) is 34.9 Å². The van der Waals surface area contributed by atoms with Gasteiger partial charge in [-0.15, -0.1) is 0 Å². The normalized spacial score (nSPS) is 12.8. The topological polar surface area (TPSA) is 41.3 Å². The van der Waals surface area contributed by atoms with Gasteiger partial charge in [0, 0.05) is 6.54 Å². The number of nitrogens with zero attached hydrogens (tertiary/aromatic N) is 1. The standard InChI is InChI=1S/C22H43N3/c1-20(2)10-6-11-21(3)12-7-13-22(4)14-17-24-16-9-19-25(5)18-8-15-23/h10,12,14,24H,6-9,11,13,15-19,23H2,1-5H3/b21-12-,22-14?. The number of rotatable bonds is 15. The predicted octanol–water partition coefficient (Wildman–Crippen LogP) is 4.67. The number of hydrogen-bond acceptors (Lipinski definition) is 3. The molecule has 0 spiro atoms. The van der Waals surface area contributed by atoms with E-state index in [1.807, 2.05) is 0 Å². The Morgan fingerprint density at radius 1 is 0.880 bits per heavy atom. The Morgan fingerprint density at radius 3 is 2.12 bits per heavy atom. The molecule has 3 heteroatoms. The minimum atomic E-state index is 0.789. The van der Waals surface area contributed by atoms with E-state index in [1.54, 1.807) is 0 Å². The fraction of sp³-hybridized carbons (Fsp3) is 0.727. The first-order valence-electron chi connectivity index (χ1n) is 9.99. The van der Waals surface area contributed by atoms with Crippen molar-refractivity contribution in [3.05, 3.63) is 34.9 Å². The molecule has 0 aromatic heterocycles. The van der Waals surface area contributed by atoms with Crippen LogP contribution in [0.25, 0.3) is 0 Å². The third-order valence-electron chi connectivity index (χ3n) is 4.35. The number of nitrogens with one attached hydrogen (secondary N) is 1. The van der Waals surface area contributed by atoms with Gasteiger partial charge in [-0.3, -0.25) is 0 Å². The van der Waals surface area contributed by atoms with E-state index in [0.717, 1.165) is 45.6 Å². The van der Waals surface area contributed by atoms with Gasteiger partial charge in [0.2, 0.25) is 0 Å². The molecular formula is C22H43N3. The van der Waals surface area contributed by atoms with Crippen molar-refractivity contribution < 1.29 is 0 Å². The Balaban J connectivity index is 3.69. The SMILES string of the molecule is CC(C)=CCC/C(C)=C\CCC(C)=CCNCCCN(C)CCCN. The molecule has 0 fully saturated rings. The summed E-state index contributed by atoms with van der Waals surface area (Å²) in [6.45, 7) is 13.9.